The van der Waals surface area contributed by atoms with Gasteiger partial charge in [0.2, 0.25) is 0 Å². The lowest BCUT2D eigenvalue weighted by Crippen LogP contribution is -2.07. The molecule has 2 aromatic rings. The highest BCUT2D eigenvalue weighted by Gasteiger charge is 2.09. The summed E-state index contributed by atoms with van der Waals surface area (Å²) in [6.45, 7) is 0.233. The molecule has 0 N–H and O–H groups in total. The van der Waals surface area contributed by atoms with Gasteiger partial charge < -0.3 is 4.74 Å². The number of esters is 1. The third-order valence-electron chi connectivity index (χ3n) is 3.16. The fraction of sp³-hybridized carbons (Fsp3) is 0.0952. The van der Waals surface area contributed by atoms with Crippen LogP contribution < -0.4 is 0 Å². The van der Waals surface area contributed by atoms with Gasteiger partial charge in [-0.15, -0.1) is 6.42 Å². The molecular formula is C21H18O2. The quantitative estimate of drug-likeness (QED) is 0.446. The van der Waals surface area contributed by atoms with Crippen molar-refractivity contribution in [2.75, 3.05) is 6.61 Å². The minimum absolute atomic E-state index is 0.233. The largest absolute Gasteiger partial charge is 0.458 e. The Hall–Kier alpha value is -3.05. The molecule has 0 aromatic heterocycles. The van der Waals surface area contributed by atoms with Crippen molar-refractivity contribution < 1.29 is 9.53 Å². The number of terminal acetylenes is 1. The van der Waals surface area contributed by atoms with Crippen molar-refractivity contribution in [3.05, 3.63) is 89.5 Å². The van der Waals surface area contributed by atoms with Crippen molar-refractivity contribution in [2.45, 2.75) is 6.42 Å². The number of hydrogen-bond donors (Lipinski definition) is 0. The Labute approximate surface area is 137 Å². The summed E-state index contributed by atoms with van der Waals surface area (Å²) in [5.41, 5.74) is 2.14. The van der Waals surface area contributed by atoms with Crippen LogP contribution in [0.15, 0.2) is 72.8 Å². The van der Waals surface area contributed by atoms with Crippen LogP contribution in [0.5, 0.6) is 0 Å². The van der Waals surface area contributed by atoms with Crippen LogP contribution in [0.3, 0.4) is 0 Å². The first-order chi connectivity index (χ1) is 11.3. The van der Waals surface area contributed by atoms with E-state index < -0.39 is 5.97 Å². The van der Waals surface area contributed by atoms with Crippen molar-refractivity contribution in [1.29, 1.82) is 0 Å². The average molecular weight is 302 g/mol. The highest BCUT2D eigenvalue weighted by atomic mass is 16.5. The highest BCUT2D eigenvalue weighted by molar-refractivity contribution is 5.92. The van der Waals surface area contributed by atoms with Gasteiger partial charge in [0.25, 0.3) is 0 Å². The maximum atomic E-state index is 11.9. The second-order valence-corrected chi connectivity index (χ2v) is 4.81. The summed E-state index contributed by atoms with van der Waals surface area (Å²) in [5.74, 6) is 2.08. The number of benzene rings is 2. The Kier molecular flexibility index (Phi) is 6.43. The Morgan fingerprint density at radius 2 is 1.74 bits per heavy atom. The van der Waals surface area contributed by atoms with Crippen LogP contribution in [0.1, 0.15) is 27.9 Å². The molecule has 23 heavy (non-hydrogen) atoms. The zero-order valence-electron chi connectivity index (χ0n) is 12.8. The minimum Gasteiger partial charge on any atom is -0.458 e. The second kappa shape index (κ2) is 9.07. The molecule has 0 aliphatic carbocycles. The first-order valence-electron chi connectivity index (χ1n) is 7.40. The van der Waals surface area contributed by atoms with Crippen LogP contribution in [0.2, 0.25) is 0 Å². The van der Waals surface area contributed by atoms with Gasteiger partial charge in [-0.25, -0.2) is 4.79 Å². The van der Waals surface area contributed by atoms with E-state index in [-0.39, 0.29) is 6.61 Å². The average Bonchev–Trinajstić information content (AvgIpc) is 2.61. The first kappa shape index (κ1) is 16.3. The van der Waals surface area contributed by atoms with E-state index in [1.54, 1.807) is 24.3 Å². The van der Waals surface area contributed by atoms with Crippen LogP contribution in [0, 0.1) is 12.3 Å². The van der Waals surface area contributed by atoms with Gasteiger partial charge in [0.05, 0.1) is 5.56 Å². The third-order valence-corrected chi connectivity index (χ3v) is 3.16. The van der Waals surface area contributed by atoms with Crippen LogP contribution in [-0.2, 0) is 4.74 Å². The van der Waals surface area contributed by atoms with E-state index in [2.05, 4.69) is 18.1 Å². The summed E-state index contributed by atoms with van der Waals surface area (Å²) in [4.78, 5) is 11.9. The standard InChI is InChI=1S/C21H18O2/c1-2-19-15-9-10-16-20(19)21(22)23-17-11-4-3-6-12-18-13-7-5-8-14-18/h1,4-16H,3,17H2/b11-4+,12-6+. The number of carbonyl (C=O) groups excluding carboxylic acids is 1. The lowest BCUT2D eigenvalue weighted by Gasteiger charge is -2.03. The number of carbonyl (C=O) groups is 1. The Bertz CT molecular complexity index is 734. The molecule has 0 aliphatic rings. The molecule has 2 heteroatoms. The minimum atomic E-state index is -0.400. The lowest BCUT2D eigenvalue weighted by atomic mass is 10.1. The zero-order valence-corrected chi connectivity index (χ0v) is 12.8. The molecule has 0 bridgehead atoms. The van der Waals surface area contributed by atoms with E-state index in [4.69, 9.17) is 11.2 Å². The second-order valence-electron chi connectivity index (χ2n) is 4.81. The molecule has 0 aliphatic heterocycles. The van der Waals surface area contributed by atoms with Crippen LogP contribution in [-0.4, -0.2) is 12.6 Å². The number of rotatable bonds is 6. The van der Waals surface area contributed by atoms with Gasteiger partial charge in [0.1, 0.15) is 6.61 Å². The summed E-state index contributed by atoms with van der Waals surface area (Å²) in [5, 5.41) is 0. The van der Waals surface area contributed by atoms with E-state index in [0.29, 0.717) is 11.1 Å². The van der Waals surface area contributed by atoms with Gasteiger partial charge >= 0.3 is 5.97 Å². The molecule has 0 amide bonds. The van der Waals surface area contributed by atoms with Crippen LogP contribution in [0.4, 0.5) is 0 Å². The van der Waals surface area contributed by atoms with E-state index in [1.807, 2.05) is 42.5 Å². The zero-order chi connectivity index (χ0) is 16.3. The van der Waals surface area contributed by atoms with E-state index in [1.165, 1.54) is 5.56 Å². The summed E-state index contributed by atoms with van der Waals surface area (Å²) < 4.78 is 5.19. The molecule has 0 saturated carbocycles. The molecule has 2 rings (SSSR count). The number of hydrogen-bond acceptors (Lipinski definition) is 2. The predicted octanol–water partition coefficient (Wildman–Crippen LogP) is 4.48. The smallest absolute Gasteiger partial charge is 0.339 e. The molecule has 0 unspecified atom stereocenters. The number of allylic oxidation sites excluding steroid dienone is 2. The van der Waals surface area contributed by atoms with E-state index >= 15 is 0 Å². The monoisotopic (exact) mass is 302 g/mol. The molecule has 0 saturated heterocycles. The molecule has 0 radical (unpaired) electrons. The molecule has 2 aromatic carbocycles. The molecule has 114 valence electrons. The fourth-order valence-electron chi connectivity index (χ4n) is 2.00. The fourth-order valence-corrected chi connectivity index (χ4v) is 2.00. The van der Waals surface area contributed by atoms with E-state index in [9.17, 15) is 4.79 Å². The van der Waals surface area contributed by atoms with Crippen LogP contribution in [0.25, 0.3) is 6.08 Å². The SMILES string of the molecule is C#Cc1ccccc1C(=O)OC/C=C/C/C=C/c1ccccc1. The van der Waals surface area contributed by atoms with Gasteiger partial charge in [0.15, 0.2) is 0 Å². The molecule has 0 spiro atoms. The summed E-state index contributed by atoms with van der Waals surface area (Å²) in [6, 6.07) is 17.0. The summed E-state index contributed by atoms with van der Waals surface area (Å²) in [6.07, 6.45) is 14.0. The first-order valence-corrected chi connectivity index (χ1v) is 7.40. The Morgan fingerprint density at radius 1 is 1.00 bits per heavy atom. The Morgan fingerprint density at radius 3 is 2.52 bits per heavy atom. The topological polar surface area (TPSA) is 26.3 Å². The van der Waals surface area contributed by atoms with Gasteiger partial charge in [0, 0.05) is 5.56 Å². The van der Waals surface area contributed by atoms with Crippen molar-refractivity contribution in [3.63, 3.8) is 0 Å². The normalized spacial score (nSPS) is 10.7. The molecule has 0 fully saturated rings. The number of ether oxygens (including phenoxy) is 1. The van der Waals surface area contributed by atoms with E-state index in [0.717, 1.165) is 6.42 Å². The maximum absolute atomic E-state index is 11.9. The van der Waals surface area contributed by atoms with Gasteiger partial charge in [-0.05, 0) is 24.1 Å². The van der Waals surface area contributed by atoms with Gasteiger partial charge in [-0.1, -0.05) is 72.7 Å². The summed E-state index contributed by atoms with van der Waals surface area (Å²) in [7, 11) is 0. The summed E-state index contributed by atoms with van der Waals surface area (Å²) >= 11 is 0. The van der Waals surface area contributed by atoms with Crippen LogP contribution >= 0.6 is 0 Å². The Balaban J connectivity index is 1.75. The van der Waals surface area contributed by atoms with Crippen molar-refractivity contribution in [1.82, 2.24) is 0 Å². The van der Waals surface area contributed by atoms with Crippen molar-refractivity contribution >= 4 is 12.0 Å². The van der Waals surface area contributed by atoms with Gasteiger partial charge in [-0.3, -0.25) is 0 Å². The molecule has 2 nitrogen and oxygen atoms in total. The molecule has 0 heterocycles. The predicted molar refractivity (Wildman–Crippen MR) is 93.9 cm³/mol. The highest BCUT2D eigenvalue weighted by Crippen LogP contribution is 2.09. The maximum Gasteiger partial charge on any atom is 0.339 e. The molecule has 0 atom stereocenters. The van der Waals surface area contributed by atoms with Crippen molar-refractivity contribution in [3.8, 4) is 12.3 Å². The van der Waals surface area contributed by atoms with Gasteiger partial charge in [-0.2, -0.15) is 0 Å². The lowest BCUT2D eigenvalue weighted by molar-refractivity contribution is 0.0549. The molecular weight excluding hydrogens is 284 g/mol. The third kappa shape index (κ3) is 5.33. The van der Waals surface area contributed by atoms with Crippen molar-refractivity contribution in [2.24, 2.45) is 0 Å².